The van der Waals surface area contributed by atoms with E-state index in [1.165, 1.54) is 6.07 Å². The maximum Gasteiger partial charge on any atom is 0.254 e. The standard InChI is InChI=1S/C23H22ClN3O6S/c24-18-11-16(20(28)12-21(18)29)22-17-13-27(6-5-19(17)25-33-22)23(30)14-1-3-15(4-2-14)26-7-9-34(31,32)10-8-26/h1-4,11-12,28-29H,5-10,13H2. The molecule has 0 radical (unpaired) electrons. The first-order valence-corrected chi connectivity index (χ1v) is 13.0. The van der Waals surface area contributed by atoms with E-state index in [1.54, 1.807) is 17.0 Å². The van der Waals surface area contributed by atoms with Gasteiger partial charge >= 0.3 is 0 Å². The van der Waals surface area contributed by atoms with Crippen LogP contribution in [0.1, 0.15) is 21.6 Å². The van der Waals surface area contributed by atoms with E-state index in [0.717, 1.165) is 11.8 Å². The van der Waals surface area contributed by atoms with Gasteiger partial charge in [0.1, 0.15) is 11.5 Å². The number of benzene rings is 2. The van der Waals surface area contributed by atoms with Crippen molar-refractivity contribution in [2.24, 2.45) is 0 Å². The normalized spacial score (nSPS) is 17.4. The lowest BCUT2D eigenvalue weighted by atomic mass is 10.00. The molecule has 0 bridgehead atoms. The molecule has 0 atom stereocenters. The number of nitrogens with zero attached hydrogens (tertiary/aromatic N) is 3. The first-order chi connectivity index (χ1) is 16.2. The van der Waals surface area contributed by atoms with Gasteiger partial charge in [0.15, 0.2) is 15.6 Å². The van der Waals surface area contributed by atoms with E-state index in [2.05, 4.69) is 5.16 Å². The lowest BCUT2D eigenvalue weighted by Crippen LogP contribution is -2.40. The van der Waals surface area contributed by atoms with Gasteiger partial charge in [0.05, 0.1) is 34.3 Å². The second kappa shape index (κ2) is 8.52. The Morgan fingerprint density at radius 1 is 1.03 bits per heavy atom. The minimum Gasteiger partial charge on any atom is -0.507 e. The van der Waals surface area contributed by atoms with Crippen LogP contribution in [-0.2, 0) is 22.8 Å². The fourth-order valence-electron chi connectivity index (χ4n) is 4.30. The summed E-state index contributed by atoms with van der Waals surface area (Å²) in [6, 6.07) is 9.70. The number of fused-ring (bicyclic) bond motifs is 1. The van der Waals surface area contributed by atoms with E-state index < -0.39 is 9.84 Å². The molecule has 0 spiro atoms. The van der Waals surface area contributed by atoms with E-state index in [-0.39, 0.29) is 40.5 Å². The Kier molecular flexibility index (Phi) is 5.65. The Morgan fingerprint density at radius 3 is 2.44 bits per heavy atom. The minimum atomic E-state index is -2.96. The summed E-state index contributed by atoms with van der Waals surface area (Å²) in [5.41, 5.74) is 3.08. The molecule has 1 aromatic heterocycles. The van der Waals surface area contributed by atoms with E-state index in [1.807, 2.05) is 17.0 Å². The maximum atomic E-state index is 13.2. The minimum absolute atomic E-state index is 0.0630. The van der Waals surface area contributed by atoms with Gasteiger partial charge in [0.25, 0.3) is 5.91 Å². The highest BCUT2D eigenvalue weighted by Crippen LogP contribution is 2.40. The molecule has 2 aliphatic heterocycles. The molecule has 0 unspecified atom stereocenters. The Bertz CT molecular complexity index is 1360. The third-order valence-corrected chi connectivity index (χ3v) is 8.17. The third-order valence-electron chi connectivity index (χ3n) is 6.26. The van der Waals surface area contributed by atoms with Crippen LogP contribution in [0.2, 0.25) is 5.02 Å². The highest BCUT2D eigenvalue weighted by Gasteiger charge is 2.29. The molecule has 9 nitrogen and oxygen atoms in total. The number of hydrogen-bond acceptors (Lipinski definition) is 8. The zero-order chi connectivity index (χ0) is 24.0. The average molecular weight is 504 g/mol. The van der Waals surface area contributed by atoms with Crippen molar-refractivity contribution in [1.82, 2.24) is 10.1 Å². The van der Waals surface area contributed by atoms with Crippen molar-refractivity contribution < 1.29 is 27.9 Å². The van der Waals surface area contributed by atoms with Crippen LogP contribution >= 0.6 is 11.6 Å². The number of aromatic nitrogens is 1. The van der Waals surface area contributed by atoms with Gasteiger partial charge in [-0.25, -0.2) is 8.42 Å². The summed E-state index contributed by atoms with van der Waals surface area (Å²) in [6.45, 7) is 1.59. The Morgan fingerprint density at radius 2 is 1.74 bits per heavy atom. The second-order valence-electron chi connectivity index (χ2n) is 8.42. The van der Waals surface area contributed by atoms with Crippen LogP contribution in [0.4, 0.5) is 5.69 Å². The lowest BCUT2D eigenvalue weighted by molar-refractivity contribution is 0.0734. The fraction of sp³-hybridized carbons (Fsp3) is 0.304. The zero-order valence-corrected chi connectivity index (χ0v) is 19.6. The van der Waals surface area contributed by atoms with Crippen LogP contribution in [0.5, 0.6) is 11.5 Å². The van der Waals surface area contributed by atoms with E-state index in [0.29, 0.717) is 54.2 Å². The van der Waals surface area contributed by atoms with Gasteiger partial charge in [-0.15, -0.1) is 0 Å². The number of aromatic hydroxyl groups is 2. The van der Waals surface area contributed by atoms with Gasteiger partial charge in [0.2, 0.25) is 0 Å². The van der Waals surface area contributed by atoms with Gasteiger partial charge in [-0.3, -0.25) is 4.79 Å². The van der Waals surface area contributed by atoms with Gasteiger partial charge in [0, 0.05) is 48.9 Å². The molecule has 2 N–H and O–H groups in total. The molecular formula is C23H22ClN3O6S. The summed E-state index contributed by atoms with van der Waals surface area (Å²) in [5, 5.41) is 24.1. The number of phenols is 2. The molecule has 0 saturated carbocycles. The molecule has 1 saturated heterocycles. The quantitative estimate of drug-likeness (QED) is 0.559. The third kappa shape index (κ3) is 4.19. The summed E-state index contributed by atoms with van der Waals surface area (Å²) in [6.07, 6.45) is 0.498. The fourth-order valence-corrected chi connectivity index (χ4v) is 5.66. The predicted molar refractivity (Wildman–Crippen MR) is 126 cm³/mol. The SMILES string of the molecule is O=C(c1ccc(N2CCS(=O)(=O)CC2)cc1)N1CCc2noc(-c3cc(Cl)c(O)cc3O)c2C1. The number of phenolic OH excluding ortho intramolecular Hbond substituents is 2. The zero-order valence-electron chi connectivity index (χ0n) is 18.1. The smallest absolute Gasteiger partial charge is 0.254 e. The van der Waals surface area contributed by atoms with Crippen molar-refractivity contribution in [1.29, 1.82) is 0 Å². The van der Waals surface area contributed by atoms with E-state index >= 15 is 0 Å². The molecule has 0 aliphatic carbocycles. The van der Waals surface area contributed by atoms with Gasteiger partial charge < -0.3 is 24.5 Å². The summed E-state index contributed by atoms with van der Waals surface area (Å²) < 4.78 is 28.8. The largest absolute Gasteiger partial charge is 0.507 e. The molecule has 11 heteroatoms. The number of carbonyl (C=O) groups is 1. The van der Waals surface area contributed by atoms with E-state index in [9.17, 15) is 23.4 Å². The van der Waals surface area contributed by atoms with Crippen LogP contribution in [0.3, 0.4) is 0 Å². The van der Waals surface area contributed by atoms with Crippen molar-refractivity contribution in [3.8, 4) is 22.8 Å². The highest BCUT2D eigenvalue weighted by molar-refractivity contribution is 7.91. The summed E-state index contributed by atoms with van der Waals surface area (Å²) in [4.78, 5) is 16.9. The van der Waals surface area contributed by atoms with Crippen LogP contribution in [0.25, 0.3) is 11.3 Å². The number of halogens is 1. The Labute approximate surface area is 201 Å². The summed E-state index contributed by atoms with van der Waals surface area (Å²) in [7, 11) is -2.96. The number of hydrogen-bond donors (Lipinski definition) is 2. The van der Waals surface area contributed by atoms with E-state index in [4.69, 9.17) is 16.1 Å². The number of anilines is 1. The molecule has 3 heterocycles. The topological polar surface area (TPSA) is 124 Å². The molecule has 2 aromatic carbocycles. The summed E-state index contributed by atoms with van der Waals surface area (Å²) >= 11 is 6.01. The first-order valence-electron chi connectivity index (χ1n) is 10.8. The highest BCUT2D eigenvalue weighted by atomic mass is 35.5. The second-order valence-corrected chi connectivity index (χ2v) is 11.1. The molecule has 1 amide bonds. The monoisotopic (exact) mass is 503 g/mol. The summed E-state index contributed by atoms with van der Waals surface area (Å²) in [5.74, 6) is -0.0340. The molecule has 1 fully saturated rings. The molecule has 3 aromatic rings. The molecule has 178 valence electrons. The van der Waals surface area contributed by atoms with Gasteiger partial charge in [-0.1, -0.05) is 16.8 Å². The average Bonchev–Trinajstić information content (AvgIpc) is 3.24. The molecule has 5 rings (SSSR count). The number of carbonyl (C=O) groups excluding carboxylic acids is 1. The molecule has 2 aliphatic rings. The lowest BCUT2D eigenvalue weighted by Gasteiger charge is -2.29. The first kappa shape index (κ1) is 22.5. The molecule has 34 heavy (non-hydrogen) atoms. The number of sulfone groups is 1. The van der Waals surface area contributed by atoms with Crippen LogP contribution in [0, 0.1) is 0 Å². The van der Waals surface area contributed by atoms with Gasteiger partial charge in [-0.05, 0) is 30.3 Å². The van der Waals surface area contributed by atoms with Gasteiger partial charge in [-0.2, -0.15) is 0 Å². The van der Waals surface area contributed by atoms with Crippen molar-refractivity contribution in [3.05, 3.63) is 58.2 Å². The molecular weight excluding hydrogens is 482 g/mol. The maximum absolute atomic E-state index is 13.2. The van der Waals surface area contributed by atoms with Crippen molar-refractivity contribution >= 4 is 33.0 Å². The Hall–Kier alpha value is -3.24. The van der Waals surface area contributed by atoms with Crippen LogP contribution in [-0.4, -0.2) is 65.7 Å². The van der Waals surface area contributed by atoms with Crippen LogP contribution in [0.15, 0.2) is 40.9 Å². The predicted octanol–water partition coefficient (Wildman–Crippen LogP) is 2.84. The Balaban J connectivity index is 1.34. The number of amides is 1. The van der Waals surface area contributed by atoms with Crippen molar-refractivity contribution in [2.75, 3.05) is 36.0 Å². The van der Waals surface area contributed by atoms with Crippen molar-refractivity contribution in [2.45, 2.75) is 13.0 Å². The van der Waals surface area contributed by atoms with Crippen LogP contribution < -0.4 is 4.90 Å². The number of rotatable bonds is 3. The van der Waals surface area contributed by atoms with Crippen molar-refractivity contribution in [3.63, 3.8) is 0 Å².